The summed E-state index contributed by atoms with van der Waals surface area (Å²) in [5, 5.41) is 23.4. The van der Waals surface area contributed by atoms with Crippen LogP contribution in [0.4, 0.5) is 5.13 Å². The van der Waals surface area contributed by atoms with Gasteiger partial charge in [-0.25, -0.2) is 0 Å². The Kier molecular flexibility index (Phi) is 3.55. The summed E-state index contributed by atoms with van der Waals surface area (Å²) < 4.78 is 0. The van der Waals surface area contributed by atoms with Crippen molar-refractivity contribution in [1.82, 2.24) is 15.5 Å². The standard InChI is InChI=1S/C18H28N4O2S/c1-4-16-5-11-6-17(8-16,10-18(24,7-11)9-16)12(23)20-15(2,3)13-21-22-14(19)25-13/h11,24H,4-10H2,1-3H3,(H2,19,22)(H,20,23). The second kappa shape index (κ2) is 5.16. The molecular formula is C18H28N4O2S. The molecule has 0 aliphatic heterocycles. The van der Waals surface area contributed by atoms with Crippen molar-refractivity contribution >= 4 is 22.4 Å². The zero-order chi connectivity index (χ0) is 18.1. The molecule has 4 bridgehead atoms. The third-order valence-electron chi connectivity index (χ3n) is 6.79. The van der Waals surface area contributed by atoms with Gasteiger partial charge in [-0.2, -0.15) is 0 Å². The Balaban J connectivity index is 1.61. The molecule has 0 radical (unpaired) electrons. The summed E-state index contributed by atoms with van der Waals surface area (Å²) in [7, 11) is 0. The fourth-order valence-electron chi connectivity index (χ4n) is 6.19. The van der Waals surface area contributed by atoms with Crippen LogP contribution in [0.15, 0.2) is 0 Å². The highest BCUT2D eigenvalue weighted by molar-refractivity contribution is 7.15. The molecule has 4 fully saturated rings. The van der Waals surface area contributed by atoms with Crippen LogP contribution >= 0.6 is 11.3 Å². The number of nitrogens with one attached hydrogen (secondary N) is 1. The van der Waals surface area contributed by atoms with E-state index < -0.39 is 16.6 Å². The van der Waals surface area contributed by atoms with E-state index in [-0.39, 0.29) is 11.3 Å². The molecule has 4 saturated carbocycles. The number of carbonyl (C=O) groups excluding carboxylic acids is 1. The van der Waals surface area contributed by atoms with Gasteiger partial charge in [0.15, 0.2) is 0 Å². The van der Waals surface area contributed by atoms with Gasteiger partial charge in [0.2, 0.25) is 11.0 Å². The van der Waals surface area contributed by atoms with E-state index in [1.807, 2.05) is 13.8 Å². The van der Waals surface area contributed by atoms with Crippen LogP contribution in [0.25, 0.3) is 0 Å². The Morgan fingerprint density at radius 3 is 2.68 bits per heavy atom. The lowest BCUT2D eigenvalue weighted by Crippen LogP contribution is -2.64. The first-order valence-electron chi connectivity index (χ1n) is 9.24. The quantitative estimate of drug-likeness (QED) is 0.762. The fraction of sp³-hybridized carbons (Fsp3) is 0.833. The second-order valence-corrected chi connectivity index (χ2v) is 10.4. The van der Waals surface area contributed by atoms with E-state index in [0.29, 0.717) is 22.5 Å². The monoisotopic (exact) mass is 364 g/mol. The Labute approximate surface area is 152 Å². The molecule has 1 heterocycles. The van der Waals surface area contributed by atoms with Gasteiger partial charge in [0.05, 0.1) is 16.6 Å². The highest BCUT2D eigenvalue weighted by Crippen LogP contribution is 2.67. The van der Waals surface area contributed by atoms with Gasteiger partial charge in [0, 0.05) is 0 Å². The van der Waals surface area contributed by atoms with Gasteiger partial charge in [-0.1, -0.05) is 24.7 Å². The molecular weight excluding hydrogens is 336 g/mol. The summed E-state index contributed by atoms with van der Waals surface area (Å²) in [6.45, 7) is 6.08. The number of carbonyl (C=O) groups is 1. The number of rotatable bonds is 4. The molecule has 0 saturated heterocycles. The Morgan fingerprint density at radius 2 is 2.08 bits per heavy atom. The summed E-state index contributed by atoms with van der Waals surface area (Å²) in [4.78, 5) is 13.4. The zero-order valence-corrected chi connectivity index (χ0v) is 16.1. The van der Waals surface area contributed by atoms with E-state index in [4.69, 9.17) is 5.73 Å². The van der Waals surface area contributed by atoms with Crippen molar-refractivity contribution < 1.29 is 9.90 Å². The second-order valence-electron chi connectivity index (χ2n) is 9.39. The minimum absolute atomic E-state index is 0.0617. The molecule has 1 amide bonds. The lowest BCUT2D eigenvalue weighted by Gasteiger charge is -2.64. The van der Waals surface area contributed by atoms with Gasteiger partial charge < -0.3 is 16.2 Å². The van der Waals surface area contributed by atoms with E-state index in [2.05, 4.69) is 22.4 Å². The number of nitrogens with two attached hydrogens (primary N) is 1. The van der Waals surface area contributed by atoms with Gasteiger partial charge in [-0.3, -0.25) is 4.79 Å². The number of aromatic nitrogens is 2. The van der Waals surface area contributed by atoms with E-state index in [1.165, 1.54) is 11.3 Å². The number of hydrogen-bond acceptors (Lipinski definition) is 6. The van der Waals surface area contributed by atoms with Crippen molar-refractivity contribution in [2.45, 2.75) is 76.9 Å². The van der Waals surface area contributed by atoms with Crippen molar-refractivity contribution in [2.24, 2.45) is 16.7 Å². The summed E-state index contributed by atoms with van der Waals surface area (Å²) in [6, 6.07) is 0. The summed E-state index contributed by atoms with van der Waals surface area (Å²) >= 11 is 1.31. The van der Waals surface area contributed by atoms with Gasteiger partial charge in [0.1, 0.15) is 5.01 Å². The molecule has 5 rings (SSSR count). The highest BCUT2D eigenvalue weighted by Gasteiger charge is 2.65. The Morgan fingerprint density at radius 1 is 1.32 bits per heavy atom. The fourth-order valence-corrected chi connectivity index (χ4v) is 6.86. The van der Waals surface area contributed by atoms with Crippen LogP contribution in [-0.4, -0.2) is 26.8 Å². The molecule has 4 N–H and O–H groups in total. The van der Waals surface area contributed by atoms with Crippen LogP contribution in [-0.2, 0) is 10.3 Å². The van der Waals surface area contributed by atoms with Crippen LogP contribution in [0, 0.1) is 16.7 Å². The van der Waals surface area contributed by atoms with Crippen molar-refractivity contribution in [1.29, 1.82) is 0 Å². The number of nitrogen functional groups attached to an aromatic ring is 1. The number of nitrogens with zero attached hydrogens (tertiary/aromatic N) is 2. The maximum absolute atomic E-state index is 13.4. The topological polar surface area (TPSA) is 101 Å². The lowest BCUT2D eigenvalue weighted by atomic mass is 9.42. The normalized spacial score (nSPS) is 39.6. The SMILES string of the molecule is CCC12CC3CC(O)(C1)CC(C(=O)NC(C)(C)c1nnc(N)s1)(C3)C2. The van der Waals surface area contributed by atoms with Gasteiger partial charge in [-0.05, 0) is 63.7 Å². The van der Waals surface area contributed by atoms with Crippen LogP contribution in [0.2, 0.25) is 0 Å². The number of aliphatic hydroxyl groups is 1. The molecule has 4 atom stereocenters. The van der Waals surface area contributed by atoms with Crippen LogP contribution < -0.4 is 11.1 Å². The molecule has 4 unspecified atom stereocenters. The van der Waals surface area contributed by atoms with Crippen molar-refractivity contribution in [3.8, 4) is 0 Å². The smallest absolute Gasteiger partial charge is 0.227 e. The molecule has 0 spiro atoms. The maximum Gasteiger partial charge on any atom is 0.227 e. The Hall–Kier alpha value is -1.21. The predicted octanol–water partition coefficient (Wildman–Crippen LogP) is 2.58. The van der Waals surface area contributed by atoms with E-state index in [1.54, 1.807) is 0 Å². The van der Waals surface area contributed by atoms with Crippen molar-refractivity contribution in [2.75, 3.05) is 5.73 Å². The third kappa shape index (κ3) is 2.67. The van der Waals surface area contributed by atoms with Crippen molar-refractivity contribution in [3.63, 3.8) is 0 Å². The molecule has 138 valence electrons. The molecule has 1 aromatic heterocycles. The first-order valence-corrected chi connectivity index (χ1v) is 10.1. The average Bonchev–Trinajstić information content (AvgIpc) is 2.92. The number of hydrogen-bond donors (Lipinski definition) is 3. The molecule has 4 aliphatic rings. The first-order chi connectivity index (χ1) is 11.6. The summed E-state index contributed by atoms with van der Waals surface area (Å²) in [5.41, 5.74) is 4.11. The largest absolute Gasteiger partial charge is 0.390 e. The number of amides is 1. The average molecular weight is 365 g/mol. The zero-order valence-electron chi connectivity index (χ0n) is 15.3. The third-order valence-corrected chi connectivity index (χ3v) is 7.86. The maximum atomic E-state index is 13.4. The van der Waals surface area contributed by atoms with E-state index in [0.717, 1.165) is 38.5 Å². The van der Waals surface area contributed by atoms with Crippen LogP contribution in [0.1, 0.15) is 70.7 Å². The van der Waals surface area contributed by atoms with E-state index in [9.17, 15) is 9.90 Å². The Bertz CT molecular complexity index is 720. The number of anilines is 1. The van der Waals surface area contributed by atoms with Crippen LogP contribution in [0.3, 0.4) is 0 Å². The molecule has 4 aliphatic carbocycles. The van der Waals surface area contributed by atoms with Crippen molar-refractivity contribution in [3.05, 3.63) is 5.01 Å². The highest BCUT2D eigenvalue weighted by atomic mass is 32.1. The summed E-state index contributed by atoms with van der Waals surface area (Å²) in [6.07, 6.45) is 6.32. The minimum Gasteiger partial charge on any atom is -0.390 e. The van der Waals surface area contributed by atoms with Gasteiger partial charge in [0.25, 0.3) is 0 Å². The van der Waals surface area contributed by atoms with Gasteiger partial charge >= 0.3 is 0 Å². The summed E-state index contributed by atoms with van der Waals surface area (Å²) in [5.74, 6) is 0.527. The van der Waals surface area contributed by atoms with Crippen LogP contribution in [0.5, 0.6) is 0 Å². The molecule has 1 aromatic rings. The molecule has 6 nitrogen and oxygen atoms in total. The molecule has 0 aromatic carbocycles. The molecule has 25 heavy (non-hydrogen) atoms. The predicted molar refractivity (Wildman–Crippen MR) is 96.8 cm³/mol. The van der Waals surface area contributed by atoms with Gasteiger partial charge in [-0.15, -0.1) is 10.2 Å². The first kappa shape index (κ1) is 17.2. The van der Waals surface area contributed by atoms with E-state index >= 15 is 0 Å². The minimum atomic E-state index is -0.663. The lowest BCUT2D eigenvalue weighted by molar-refractivity contribution is -0.205. The molecule has 7 heteroatoms.